The van der Waals surface area contributed by atoms with E-state index in [2.05, 4.69) is 4.98 Å². The molecule has 1 saturated heterocycles. The highest BCUT2D eigenvalue weighted by Gasteiger charge is 2.34. The van der Waals surface area contributed by atoms with E-state index in [-0.39, 0.29) is 12.5 Å². The van der Waals surface area contributed by atoms with Crippen molar-refractivity contribution in [2.45, 2.75) is 25.0 Å². The van der Waals surface area contributed by atoms with E-state index >= 15 is 0 Å². The van der Waals surface area contributed by atoms with E-state index in [0.29, 0.717) is 44.0 Å². The van der Waals surface area contributed by atoms with Gasteiger partial charge in [-0.15, -0.1) is 0 Å². The normalized spacial score (nSPS) is 17.6. The Kier molecular flexibility index (Phi) is 4.00. The summed E-state index contributed by atoms with van der Waals surface area (Å²) in [4.78, 5) is 18.0. The lowest BCUT2D eigenvalue weighted by Gasteiger charge is -2.36. The fraction of sp³-hybridized carbons (Fsp3) is 0.467. The lowest BCUT2D eigenvalue weighted by Crippen LogP contribution is -2.48. The summed E-state index contributed by atoms with van der Waals surface area (Å²) < 4.78 is 7.46. The number of imidazole rings is 1. The van der Waals surface area contributed by atoms with E-state index in [1.54, 1.807) is 29.6 Å². The van der Waals surface area contributed by atoms with Crippen molar-refractivity contribution in [1.29, 1.82) is 0 Å². The van der Waals surface area contributed by atoms with Crippen LogP contribution in [0.5, 0.6) is 0 Å². The molecule has 3 rings (SSSR count). The number of aliphatic hydroxyl groups is 2. The van der Waals surface area contributed by atoms with E-state index in [1.807, 2.05) is 10.8 Å². The van der Waals surface area contributed by atoms with Gasteiger partial charge in [0, 0.05) is 25.5 Å². The number of carbonyl (C=O) groups excluding carboxylic acids is 1. The van der Waals surface area contributed by atoms with Gasteiger partial charge in [0.05, 0.1) is 25.1 Å². The van der Waals surface area contributed by atoms with Gasteiger partial charge in [-0.1, -0.05) is 0 Å². The van der Waals surface area contributed by atoms with Crippen molar-refractivity contribution in [3.8, 4) is 0 Å². The van der Waals surface area contributed by atoms with Gasteiger partial charge in [0.2, 0.25) is 0 Å². The molecule has 7 heteroatoms. The molecule has 0 aromatic carbocycles. The Labute approximate surface area is 127 Å². The Morgan fingerprint density at radius 3 is 2.77 bits per heavy atom. The number of piperidine rings is 1. The third-order valence-corrected chi connectivity index (χ3v) is 4.05. The molecule has 0 aliphatic carbocycles. The van der Waals surface area contributed by atoms with Crippen LogP contribution in [0.2, 0.25) is 0 Å². The van der Waals surface area contributed by atoms with E-state index < -0.39 is 5.60 Å². The fourth-order valence-electron chi connectivity index (χ4n) is 2.58. The van der Waals surface area contributed by atoms with Gasteiger partial charge < -0.3 is 24.1 Å². The molecule has 2 aromatic heterocycles. The molecule has 2 N–H and O–H groups in total. The number of nitrogens with zero attached hydrogens (tertiary/aromatic N) is 3. The van der Waals surface area contributed by atoms with Gasteiger partial charge in [0.15, 0.2) is 5.76 Å². The first-order valence-electron chi connectivity index (χ1n) is 7.27. The summed E-state index contributed by atoms with van der Waals surface area (Å²) in [6, 6.07) is 3.45. The summed E-state index contributed by atoms with van der Waals surface area (Å²) in [7, 11) is 0. The second-order valence-corrected chi connectivity index (χ2v) is 5.68. The zero-order chi connectivity index (χ0) is 15.6. The van der Waals surface area contributed by atoms with Gasteiger partial charge in [0.1, 0.15) is 5.76 Å². The number of likely N-dealkylation sites (tertiary alicyclic amines) is 1. The number of furan rings is 1. The first kappa shape index (κ1) is 14.8. The quantitative estimate of drug-likeness (QED) is 0.857. The summed E-state index contributed by atoms with van der Waals surface area (Å²) in [5.74, 6) is 0.798. The molecule has 1 aliphatic heterocycles. The monoisotopic (exact) mass is 305 g/mol. The number of aromatic nitrogens is 2. The minimum Gasteiger partial charge on any atom is -0.454 e. The molecule has 1 fully saturated rings. The molecule has 0 unspecified atom stereocenters. The van der Waals surface area contributed by atoms with Crippen LogP contribution in [0, 0.1) is 0 Å². The highest BCUT2D eigenvalue weighted by Crippen LogP contribution is 2.23. The largest absolute Gasteiger partial charge is 0.454 e. The smallest absolute Gasteiger partial charge is 0.289 e. The highest BCUT2D eigenvalue weighted by molar-refractivity contribution is 5.91. The molecule has 0 bridgehead atoms. The molecule has 0 spiro atoms. The Balaban J connectivity index is 1.62. The van der Waals surface area contributed by atoms with Gasteiger partial charge in [0.25, 0.3) is 5.91 Å². The molecule has 22 heavy (non-hydrogen) atoms. The van der Waals surface area contributed by atoms with Gasteiger partial charge >= 0.3 is 0 Å². The fourth-order valence-corrected chi connectivity index (χ4v) is 2.58. The average molecular weight is 305 g/mol. The molecule has 0 atom stereocenters. The van der Waals surface area contributed by atoms with Crippen molar-refractivity contribution in [2.24, 2.45) is 0 Å². The Morgan fingerprint density at radius 2 is 2.14 bits per heavy atom. The minimum absolute atomic E-state index is 0.183. The van der Waals surface area contributed by atoms with Crippen LogP contribution < -0.4 is 0 Å². The number of rotatable bonds is 4. The van der Waals surface area contributed by atoms with Crippen LogP contribution >= 0.6 is 0 Å². The third kappa shape index (κ3) is 3.05. The van der Waals surface area contributed by atoms with Crippen LogP contribution in [-0.4, -0.2) is 55.9 Å². The van der Waals surface area contributed by atoms with Crippen LogP contribution in [0.3, 0.4) is 0 Å². The summed E-state index contributed by atoms with van der Waals surface area (Å²) in [5, 5.41) is 19.1. The molecule has 3 heterocycles. The molecule has 1 amide bonds. The second kappa shape index (κ2) is 5.94. The van der Waals surface area contributed by atoms with Gasteiger partial charge in [-0.25, -0.2) is 4.98 Å². The molecule has 118 valence electrons. The predicted molar refractivity (Wildman–Crippen MR) is 77.2 cm³/mol. The van der Waals surface area contributed by atoms with Crippen LogP contribution in [-0.2, 0) is 6.54 Å². The number of hydrogen-bond donors (Lipinski definition) is 2. The summed E-state index contributed by atoms with van der Waals surface area (Å²) in [5.41, 5.74) is -1.06. The van der Waals surface area contributed by atoms with Crippen molar-refractivity contribution in [3.05, 3.63) is 42.4 Å². The maximum absolute atomic E-state index is 12.4. The summed E-state index contributed by atoms with van der Waals surface area (Å²) in [6.07, 6.45) is 5.94. The van der Waals surface area contributed by atoms with Gasteiger partial charge in [-0.2, -0.15) is 0 Å². The Morgan fingerprint density at radius 1 is 1.36 bits per heavy atom. The number of amides is 1. The SMILES string of the molecule is O=C(c1ccc(Cn2ccnc2)o1)N1CCC(O)(CO)CC1. The van der Waals surface area contributed by atoms with Crippen molar-refractivity contribution in [2.75, 3.05) is 19.7 Å². The average Bonchev–Trinajstić information content (AvgIpc) is 3.20. The van der Waals surface area contributed by atoms with Crippen LogP contribution in [0.25, 0.3) is 0 Å². The third-order valence-electron chi connectivity index (χ3n) is 4.05. The van der Waals surface area contributed by atoms with E-state index in [9.17, 15) is 9.90 Å². The van der Waals surface area contributed by atoms with Crippen LogP contribution in [0.1, 0.15) is 29.2 Å². The molecule has 7 nitrogen and oxygen atoms in total. The Bertz CT molecular complexity index is 627. The zero-order valence-corrected chi connectivity index (χ0v) is 12.2. The van der Waals surface area contributed by atoms with E-state index in [0.717, 1.165) is 0 Å². The van der Waals surface area contributed by atoms with E-state index in [1.165, 1.54) is 0 Å². The lowest BCUT2D eigenvalue weighted by molar-refractivity contribution is -0.0549. The summed E-state index contributed by atoms with van der Waals surface area (Å²) in [6.45, 7) is 1.07. The van der Waals surface area contributed by atoms with E-state index in [4.69, 9.17) is 9.52 Å². The molecular formula is C15H19N3O4. The number of aliphatic hydroxyl groups excluding tert-OH is 1. The molecule has 0 saturated carbocycles. The highest BCUT2D eigenvalue weighted by atomic mass is 16.4. The molecule has 0 radical (unpaired) electrons. The molecular weight excluding hydrogens is 286 g/mol. The second-order valence-electron chi connectivity index (χ2n) is 5.68. The van der Waals surface area contributed by atoms with Crippen molar-refractivity contribution >= 4 is 5.91 Å². The van der Waals surface area contributed by atoms with Gasteiger partial charge in [-0.05, 0) is 25.0 Å². The maximum atomic E-state index is 12.4. The van der Waals surface area contributed by atoms with Crippen LogP contribution in [0.4, 0.5) is 0 Å². The van der Waals surface area contributed by atoms with Crippen molar-refractivity contribution in [1.82, 2.24) is 14.5 Å². The first-order valence-corrected chi connectivity index (χ1v) is 7.27. The lowest BCUT2D eigenvalue weighted by atomic mass is 9.92. The van der Waals surface area contributed by atoms with Crippen molar-refractivity contribution in [3.63, 3.8) is 0 Å². The number of hydrogen-bond acceptors (Lipinski definition) is 5. The maximum Gasteiger partial charge on any atom is 0.289 e. The van der Waals surface area contributed by atoms with Crippen LogP contribution in [0.15, 0.2) is 35.3 Å². The zero-order valence-electron chi connectivity index (χ0n) is 12.2. The molecule has 1 aliphatic rings. The minimum atomic E-state index is -1.06. The molecule has 2 aromatic rings. The Hall–Kier alpha value is -2.12. The topological polar surface area (TPSA) is 91.7 Å². The first-order chi connectivity index (χ1) is 10.6. The predicted octanol–water partition coefficient (Wildman–Crippen LogP) is 0.484. The number of carbonyl (C=O) groups is 1. The van der Waals surface area contributed by atoms with Crippen molar-refractivity contribution < 1.29 is 19.4 Å². The standard InChI is InChI=1S/C15H19N3O4/c19-10-15(21)3-6-18(7-4-15)14(20)13-2-1-12(22-13)9-17-8-5-16-11-17/h1-2,5,8,11,19,21H,3-4,6-7,9-10H2. The van der Waals surface area contributed by atoms with Gasteiger partial charge in [-0.3, -0.25) is 4.79 Å². The summed E-state index contributed by atoms with van der Waals surface area (Å²) >= 11 is 0.